The third kappa shape index (κ3) is 9.76. The van der Waals surface area contributed by atoms with Crippen LogP contribution in [-0.2, 0) is 28.8 Å². The quantitative estimate of drug-likeness (QED) is 0.124. The second-order valence-electron chi connectivity index (χ2n) is 6.02. The predicted octanol–water partition coefficient (Wildman–Crippen LogP) is -4.82. The van der Waals surface area contributed by atoms with Crippen molar-refractivity contribution in [3.05, 3.63) is 0 Å². The molecule has 0 fully saturated rings. The smallest absolute Gasteiger partial charge is 0.328 e. The van der Waals surface area contributed by atoms with Crippen LogP contribution in [0.3, 0.4) is 0 Å². The molecule has 0 aliphatic carbocycles. The maximum absolute atomic E-state index is 12.3. The Bertz CT molecular complexity index is 669. The van der Waals surface area contributed by atoms with E-state index in [1.54, 1.807) is 0 Å². The van der Waals surface area contributed by atoms with Gasteiger partial charge in [-0.2, -0.15) is 0 Å². The van der Waals surface area contributed by atoms with Gasteiger partial charge in [-0.3, -0.25) is 24.0 Å². The van der Waals surface area contributed by atoms with E-state index < -0.39 is 85.9 Å². The predicted molar refractivity (Wildman–Crippen MR) is 94.7 cm³/mol. The first kappa shape index (κ1) is 26.7. The molecule has 0 saturated carbocycles. The van der Waals surface area contributed by atoms with Gasteiger partial charge in [-0.15, -0.1) is 0 Å². The number of carbonyl (C=O) groups is 6. The maximum Gasteiger partial charge on any atom is 0.328 e. The first-order chi connectivity index (χ1) is 13.9. The number of hydrogen-bond acceptors (Lipinski definition) is 9. The van der Waals surface area contributed by atoms with E-state index in [1.807, 2.05) is 16.0 Å². The van der Waals surface area contributed by atoms with Gasteiger partial charge in [0.25, 0.3) is 0 Å². The van der Waals surface area contributed by atoms with Crippen molar-refractivity contribution in [2.75, 3.05) is 13.2 Å². The van der Waals surface area contributed by atoms with E-state index in [0.717, 1.165) is 0 Å². The van der Waals surface area contributed by atoms with Crippen LogP contribution in [0.2, 0.25) is 0 Å². The first-order valence-electron chi connectivity index (χ1n) is 8.47. The molecular weight excluding hydrogens is 412 g/mol. The highest BCUT2D eigenvalue weighted by Gasteiger charge is 2.31. The molecule has 4 atom stereocenters. The lowest BCUT2D eigenvalue weighted by molar-refractivity contribution is -0.144. The number of aliphatic hydroxyl groups excluding tert-OH is 2. The molecule has 170 valence electrons. The monoisotopic (exact) mass is 436 g/mol. The molecule has 3 amide bonds. The Balaban J connectivity index is 5.16. The van der Waals surface area contributed by atoms with Crippen molar-refractivity contribution in [3.8, 4) is 0 Å². The summed E-state index contributed by atoms with van der Waals surface area (Å²) in [7, 11) is 0. The molecule has 0 aromatic rings. The molecule has 0 aliphatic heterocycles. The number of carboxylic acid groups (broad SMARTS) is 3. The zero-order chi connectivity index (χ0) is 23.4. The van der Waals surface area contributed by atoms with E-state index in [1.165, 1.54) is 0 Å². The highest BCUT2D eigenvalue weighted by Crippen LogP contribution is 2.00. The SMILES string of the molecule is N[C@H](CCC(=O)O)C(=O)N[C@H](CC(=O)O)C(=O)N[C@H](CO)C(=O)N[C@H](CO)C(=O)O. The fourth-order valence-corrected chi connectivity index (χ4v) is 2.00. The highest BCUT2D eigenvalue weighted by molar-refractivity contribution is 5.95. The molecule has 0 aliphatic rings. The van der Waals surface area contributed by atoms with Crippen LogP contribution in [-0.4, -0.2) is 98.5 Å². The zero-order valence-corrected chi connectivity index (χ0v) is 15.6. The molecular formula is C15H24N4O11. The molecule has 15 nitrogen and oxygen atoms in total. The van der Waals surface area contributed by atoms with Crippen molar-refractivity contribution in [2.45, 2.75) is 43.4 Å². The van der Waals surface area contributed by atoms with Gasteiger partial charge in [-0.25, -0.2) is 4.79 Å². The Kier molecular flexibility index (Phi) is 11.6. The Hall–Kier alpha value is -3.30. The summed E-state index contributed by atoms with van der Waals surface area (Å²) in [6.45, 7) is -1.99. The molecule has 0 rings (SSSR count). The third-order valence-corrected chi connectivity index (χ3v) is 3.63. The molecule has 0 aromatic heterocycles. The summed E-state index contributed by atoms with van der Waals surface area (Å²) < 4.78 is 0. The normalized spacial score (nSPS) is 14.5. The summed E-state index contributed by atoms with van der Waals surface area (Å²) in [5.41, 5.74) is 5.48. The van der Waals surface area contributed by atoms with Gasteiger partial charge in [-0.05, 0) is 6.42 Å². The van der Waals surface area contributed by atoms with Crippen LogP contribution in [0.25, 0.3) is 0 Å². The Labute approximate surface area is 169 Å². The van der Waals surface area contributed by atoms with Crippen LogP contribution in [0.15, 0.2) is 0 Å². The van der Waals surface area contributed by atoms with Gasteiger partial charge >= 0.3 is 17.9 Å². The Morgan fingerprint density at radius 3 is 1.60 bits per heavy atom. The van der Waals surface area contributed by atoms with E-state index in [-0.39, 0.29) is 6.42 Å². The van der Waals surface area contributed by atoms with Crippen LogP contribution in [0.4, 0.5) is 0 Å². The van der Waals surface area contributed by atoms with Crippen molar-refractivity contribution in [1.29, 1.82) is 0 Å². The lowest BCUT2D eigenvalue weighted by atomic mass is 10.1. The zero-order valence-electron chi connectivity index (χ0n) is 15.6. The molecule has 15 heteroatoms. The summed E-state index contributed by atoms with van der Waals surface area (Å²) in [6, 6.07) is -6.53. The largest absolute Gasteiger partial charge is 0.481 e. The van der Waals surface area contributed by atoms with Crippen molar-refractivity contribution < 1.29 is 54.3 Å². The third-order valence-electron chi connectivity index (χ3n) is 3.63. The van der Waals surface area contributed by atoms with Gasteiger partial charge in [0.15, 0.2) is 0 Å². The first-order valence-corrected chi connectivity index (χ1v) is 8.47. The summed E-state index contributed by atoms with van der Waals surface area (Å²) in [5, 5.41) is 50.2. The average molecular weight is 436 g/mol. The summed E-state index contributed by atoms with van der Waals surface area (Å²) in [4.78, 5) is 68.5. The standard InChI is InChI=1S/C15H24N4O11/c16-6(1-2-10(22)23)12(26)17-7(3-11(24)25)13(27)18-8(4-20)14(28)19-9(5-21)15(29)30/h6-9,20-21H,1-5,16H2,(H,17,26)(H,18,27)(H,19,28)(H,22,23)(H,24,25)(H,29,30)/t6-,7-,8-,9-/m1/s1. The van der Waals surface area contributed by atoms with Gasteiger partial charge in [0.2, 0.25) is 17.7 Å². The van der Waals surface area contributed by atoms with E-state index >= 15 is 0 Å². The van der Waals surface area contributed by atoms with Crippen molar-refractivity contribution in [3.63, 3.8) is 0 Å². The average Bonchev–Trinajstić information content (AvgIpc) is 2.66. The lowest BCUT2D eigenvalue weighted by Gasteiger charge is -2.23. The van der Waals surface area contributed by atoms with E-state index in [0.29, 0.717) is 0 Å². The van der Waals surface area contributed by atoms with Crippen LogP contribution in [0.5, 0.6) is 0 Å². The van der Waals surface area contributed by atoms with Crippen LogP contribution in [0.1, 0.15) is 19.3 Å². The molecule has 0 saturated heterocycles. The van der Waals surface area contributed by atoms with Gasteiger partial charge < -0.3 is 47.2 Å². The van der Waals surface area contributed by atoms with Gasteiger partial charge in [0, 0.05) is 6.42 Å². The second-order valence-corrected chi connectivity index (χ2v) is 6.02. The summed E-state index contributed by atoms with van der Waals surface area (Å²) >= 11 is 0. The van der Waals surface area contributed by atoms with Crippen molar-refractivity contribution in [2.24, 2.45) is 5.73 Å². The number of aliphatic hydroxyl groups is 2. The molecule has 0 radical (unpaired) electrons. The Morgan fingerprint density at radius 2 is 1.17 bits per heavy atom. The van der Waals surface area contributed by atoms with Crippen LogP contribution < -0.4 is 21.7 Å². The number of carbonyl (C=O) groups excluding carboxylic acids is 3. The number of rotatable bonds is 14. The topological polar surface area (TPSA) is 266 Å². The van der Waals surface area contributed by atoms with Gasteiger partial charge in [0.1, 0.15) is 18.1 Å². The maximum atomic E-state index is 12.3. The molecule has 30 heavy (non-hydrogen) atoms. The van der Waals surface area contributed by atoms with E-state index in [2.05, 4.69) is 0 Å². The number of nitrogens with one attached hydrogen (secondary N) is 3. The number of nitrogens with two attached hydrogens (primary N) is 1. The number of carboxylic acids is 3. The molecule has 0 bridgehead atoms. The van der Waals surface area contributed by atoms with Crippen LogP contribution >= 0.6 is 0 Å². The van der Waals surface area contributed by atoms with Gasteiger partial charge in [-0.1, -0.05) is 0 Å². The lowest BCUT2D eigenvalue weighted by Crippen LogP contribution is -2.58. The van der Waals surface area contributed by atoms with Crippen LogP contribution in [0, 0.1) is 0 Å². The Morgan fingerprint density at radius 1 is 0.700 bits per heavy atom. The minimum atomic E-state index is -1.74. The minimum absolute atomic E-state index is 0.290. The molecule has 0 aromatic carbocycles. The minimum Gasteiger partial charge on any atom is -0.481 e. The van der Waals surface area contributed by atoms with Gasteiger partial charge in [0.05, 0.1) is 25.7 Å². The number of aliphatic carboxylic acids is 3. The molecule has 0 spiro atoms. The number of hydrogen-bond donors (Lipinski definition) is 9. The fraction of sp³-hybridized carbons (Fsp3) is 0.600. The molecule has 0 unspecified atom stereocenters. The highest BCUT2D eigenvalue weighted by atomic mass is 16.4. The second kappa shape index (κ2) is 13.0. The van der Waals surface area contributed by atoms with Crippen molar-refractivity contribution in [1.82, 2.24) is 16.0 Å². The molecule has 10 N–H and O–H groups in total. The summed E-state index contributed by atoms with van der Waals surface area (Å²) in [5.74, 6) is -7.73. The van der Waals surface area contributed by atoms with Crippen molar-refractivity contribution >= 4 is 35.6 Å². The molecule has 0 heterocycles. The fourth-order valence-electron chi connectivity index (χ4n) is 2.00. The van der Waals surface area contributed by atoms with E-state index in [4.69, 9.17) is 26.2 Å². The number of amides is 3. The summed E-state index contributed by atoms with van der Waals surface area (Å²) in [6.07, 6.45) is -1.67. The van der Waals surface area contributed by atoms with E-state index in [9.17, 15) is 33.9 Å².